The first-order valence-electron chi connectivity index (χ1n) is 5.36. The molecule has 0 fully saturated rings. The number of rotatable bonds is 4. The highest BCUT2D eigenvalue weighted by molar-refractivity contribution is 6.18. The highest BCUT2D eigenvalue weighted by Crippen LogP contribution is 2.16. The van der Waals surface area contributed by atoms with E-state index in [-0.39, 0.29) is 6.04 Å². The van der Waals surface area contributed by atoms with Crippen molar-refractivity contribution in [3.63, 3.8) is 0 Å². The van der Waals surface area contributed by atoms with Crippen LogP contribution in [0.3, 0.4) is 0 Å². The lowest BCUT2D eigenvalue weighted by atomic mass is 10.3. The van der Waals surface area contributed by atoms with Crippen LogP contribution in [0, 0.1) is 0 Å². The van der Waals surface area contributed by atoms with Gasteiger partial charge in [0, 0.05) is 19.0 Å². The zero-order chi connectivity index (χ0) is 12.3. The fourth-order valence-corrected chi connectivity index (χ4v) is 1.65. The van der Waals surface area contributed by atoms with Crippen molar-refractivity contribution in [3.05, 3.63) is 30.3 Å². The molecule has 1 aromatic carbocycles. The van der Waals surface area contributed by atoms with E-state index in [2.05, 4.69) is 15.5 Å². The second kappa shape index (κ2) is 5.14. The van der Waals surface area contributed by atoms with Crippen LogP contribution < -0.4 is 4.90 Å². The van der Waals surface area contributed by atoms with E-state index >= 15 is 0 Å². The SMILES string of the molecule is CC(CCl)N(C)c1nnnn1-c1ccccc1. The first-order chi connectivity index (χ1) is 8.24. The van der Waals surface area contributed by atoms with Crippen LogP contribution in [0.25, 0.3) is 5.69 Å². The number of para-hydroxylation sites is 1. The number of alkyl halides is 1. The Labute approximate surface area is 105 Å². The highest BCUT2D eigenvalue weighted by atomic mass is 35.5. The lowest BCUT2D eigenvalue weighted by Gasteiger charge is -2.23. The summed E-state index contributed by atoms with van der Waals surface area (Å²) in [4.78, 5) is 1.96. The van der Waals surface area contributed by atoms with Gasteiger partial charge in [-0.1, -0.05) is 23.3 Å². The number of anilines is 1. The number of benzene rings is 1. The molecule has 90 valence electrons. The fourth-order valence-electron chi connectivity index (χ4n) is 1.44. The summed E-state index contributed by atoms with van der Waals surface area (Å²) < 4.78 is 1.70. The van der Waals surface area contributed by atoms with E-state index in [9.17, 15) is 0 Å². The third-order valence-electron chi connectivity index (χ3n) is 2.65. The molecular formula is C11H14ClN5. The Bertz CT molecular complexity index is 470. The van der Waals surface area contributed by atoms with Gasteiger partial charge in [-0.05, 0) is 29.5 Å². The van der Waals surface area contributed by atoms with Crippen LogP contribution in [0.15, 0.2) is 30.3 Å². The zero-order valence-corrected chi connectivity index (χ0v) is 10.5. The van der Waals surface area contributed by atoms with E-state index < -0.39 is 0 Å². The molecule has 0 bridgehead atoms. The number of tetrazole rings is 1. The Balaban J connectivity index is 2.35. The largest absolute Gasteiger partial charge is 0.339 e. The Morgan fingerprint density at radius 3 is 2.71 bits per heavy atom. The molecule has 1 unspecified atom stereocenters. The van der Waals surface area contributed by atoms with Crippen molar-refractivity contribution < 1.29 is 0 Å². The summed E-state index contributed by atoms with van der Waals surface area (Å²) in [7, 11) is 1.93. The number of hydrogen-bond acceptors (Lipinski definition) is 4. The van der Waals surface area contributed by atoms with E-state index in [0.717, 1.165) is 5.69 Å². The maximum absolute atomic E-state index is 5.84. The average Bonchev–Trinajstić information content (AvgIpc) is 2.87. The summed E-state index contributed by atoms with van der Waals surface area (Å²) in [6, 6.07) is 9.94. The fraction of sp³-hybridized carbons (Fsp3) is 0.364. The molecule has 1 atom stereocenters. The Kier molecular flexibility index (Phi) is 3.58. The van der Waals surface area contributed by atoms with Crippen LogP contribution in [-0.4, -0.2) is 39.2 Å². The predicted octanol–water partition coefficient (Wildman–Crippen LogP) is 1.73. The van der Waals surface area contributed by atoms with E-state index in [0.29, 0.717) is 11.8 Å². The summed E-state index contributed by atoms with van der Waals surface area (Å²) in [5.41, 5.74) is 0.932. The minimum Gasteiger partial charge on any atom is -0.339 e. The highest BCUT2D eigenvalue weighted by Gasteiger charge is 2.16. The quantitative estimate of drug-likeness (QED) is 0.777. The molecule has 6 heteroatoms. The molecule has 0 N–H and O–H groups in total. The minimum absolute atomic E-state index is 0.171. The molecule has 0 aliphatic heterocycles. The minimum atomic E-state index is 0.171. The van der Waals surface area contributed by atoms with E-state index in [4.69, 9.17) is 11.6 Å². The molecule has 0 radical (unpaired) electrons. The van der Waals surface area contributed by atoms with Crippen LogP contribution in [0.1, 0.15) is 6.92 Å². The molecule has 1 heterocycles. The van der Waals surface area contributed by atoms with Crippen molar-refractivity contribution in [3.8, 4) is 5.69 Å². The Hall–Kier alpha value is -1.62. The molecule has 0 amide bonds. The lowest BCUT2D eigenvalue weighted by Crippen LogP contribution is -2.32. The summed E-state index contributed by atoms with van der Waals surface area (Å²) in [5, 5.41) is 11.7. The third kappa shape index (κ3) is 2.39. The van der Waals surface area contributed by atoms with Crippen molar-refractivity contribution in [1.82, 2.24) is 20.2 Å². The van der Waals surface area contributed by atoms with Crippen LogP contribution in [-0.2, 0) is 0 Å². The molecule has 5 nitrogen and oxygen atoms in total. The maximum atomic E-state index is 5.84. The lowest BCUT2D eigenvalue weighted by molar-refractivity contribution is 0.711. The average molecular weight is 252 g/mol. The molecule has 1 aromatic heterocycles. The van der Waals surface area contributed by atoms with Crippen molar-refractivity contribution in [2.45, 2.75) is 13.0 Å². The maximum Gasteiger partial charge on any atom is 0.250 e. The first kappa shape index (κ1) is 11.9. The second-order valence-electron chi connectivity index (χ2n) is 3.84. The molecule has 2 aromatic rings. The van der Waals surface area contributed by atoms with Gasteiger partial charge in [0.05, 0.1) is 5.69 Å². The molecule has 2 rings (SSSR count). The number of halogens is 1. The predicted molar refractivity (Wildman–Crippen MR) is 67.7 cm³/mol. The molecule has 0 aliphatic rings. The normalized spacial score (nSPS) is 12.4. The van der Waals surface area contributed by atoms with E-state index in [1.807, 2.05) is 49.2 Å². The molecule has 0 saturated heterocycles. The monoisotopic (exact) mass is 251 g/mol. The standard InChI is InChI=1S/C11H14ClN5/c1-9(8-12)16(2)11-13-14-15-17(11)10-6-4-3-5-7-10/h3-7,9H,8H2,1-2H3. The third-order valence-corrected chi connectivity index (χ3v) is 3.10. The van der Waals surface area contributed by atoms with Crippen LogP contribution in [0.4, 0.5) is 5.95 Å². The Morgan fingerprint density at radius 2 is 2.06 bits per heavy atom. The van der Waals surface area contributed by atoms with Gasteiger partial charge in [-0.15, -0.1) is 11.6 Å². The van der Waals surface area contributed by atoms with Gasteiger partial charge in [-0.25, -0.2) is 0 Å². The molecule has 0 saturated carbocycles. The summed E-state index contributed by atoms with van der Waals surface area (Å²) in [5.74, 6) is 1.21. The van der Waals surface area contributed by atoms with Crippen LogP contribution in [0.5, 0.6) is 0 Å². The van der Waals surface area contributed by atoms with Crippen LogP contribution >= 0.6 is 11.6 Å². The van der Waals surface area contributed by atoms with E-state index in [1.165, 1.54) is 0 Å². The van der Waals surface area contributed by atoms with E-state index in [1.54, 1.807) is 4.68 Å². The van der Waals surface area contributed by atoms with Gasteiger partial charge >= 0.3 is 0 Å². The molecule has 0 spiro atoms. The van der Waals surface area contributed by atoms with Crippen molar-refractivity contribution in [2.24, 2.45) is 0 Å². The van der Waals surface area contributed by atoms with Gasteiger partial charge in [-0.2, -0.15) is 4.68 Å². The first-order valence-corrected chi connectivity index (χ1v) is 5.90. The van der Waals surface area contributed by atoms with Gasteiger partial charge < -0.3 is 4.90 Å². The summed E-state index contributed by atoms with van der Waals surface area (Å²) in [6.45, 7) is 2.02. The van der Waals surface area contributed by atoms with Crippen LogP contribution in [0.2, 0.25) is 0 Å². The molecular weight excluding hydrogens is 238 g/mol. The summed E-state index contributed by atoms with van der Waals surface area (Å²) in [6.07, 6.45) is 0. The van der Waals surface area contributed by atoms with Crippen molar-refractivity contribution in [2.75, 3.05) is 17.8 Å². The number of aromatic nitrogens is 4. The summed E-state index contributed by atoms with van der Waals surface area (Å²) >= 11 is 5.84. The topological polar surface area (TPSA) is 46.8 Å². The zero-order valence-electron chi connectivity index (χ0n) is 9.79. The smallest absolute Gasteiger partial charge is 0.250 e. The van der Waals surface area contributed by atoms with Gasteiger partial charge in [-0.3, -0.25) is 0 Å². The van der Waals surface area contributed by atoms with Gasteiger partial charge in [0.1, 0.15) is 0 Å². The number of hydrogen-bond donors (Lipinski definition) is 0. The second-order valence-corrected chi connectivity index (χ2v) is 4.15. The van der Waals surface area contributed by atoms with Gasteiger partial charge in [0.15, 0.2) is 0 Å². The van der Waals surface area contributed by atoms with Crippen molar-refractivity contribution >= 4 is 17.5 Å². The van der Waals surface area contributed by atoms with Gasteiger partial charge in [0.25, 0.3) is 0 Å². The van der Waals surface area contributed by atoms with Gasteiger partial charge in [0.2, 0.25) is 5.95 Å². The Morgan fingerprint density at radius 1 is 1.35 bits per heavy atom. The molecule has 17 heavy (non-hydrogen) atoms. The number of nitrogens with zero attached hydrogens (tertiary/aromatic N) is 5. The molecule has 0 aliphatic carbocycles. The van der Waals surface area contributed by atoms with Crippen molar-refractivity contribution in [1.29, 1.82) is 0 Å².